The molecule has 1 N–H and O–H groups in total. The molecule has 0 bridgehead atoms. The van der Waals surface area contributed by atoms with E-state index in [2.05, 4.69) is 46.5 Å². The molecule has 0 amide bonds. The van der Waals surface area contributed by atoms with E-state index in [1.54, 1.807) is 0 Å². The quantitative estimate of drug-likeness (QED) is 0.684. The summed E-state index contributed by atoms with van der Waals surface area (Å²) in [5, 5.41) is 12.9. The Hall–Kier alpha value is -2.13. The topological polar surface area (TPSA) is 35.8 Å². The van der Waals surface area contributed by atoms with Crippen molar-refractivity contribution in [3.05, 3.63) is 71.8 Å². The van der Waals surface area contributed by atoms with E-state index in [9.17, 15) is 5.21 Å². The maximum Gasteiger partial charge on any atom is 0.0787 e. The first-order chi connectivity index (χ1) is 10.4. The Morgan fingerprint density at radius 1 is 1.00 bits per heavy atom. The van der Waals surface area contributed by atoms with Crippen molar-refractivity contribution in [3.8, 4) is 0 Å². The first-order valence-electron chi connectivity index (χ1n) is 7.42. The summed E-state index contributed by atoms with van der Waals surface area (Å²) in [6.45, 7) is 1.90. The standard InChI is InChI=1S/C18H20N2O/c21-19-17-12-7-13-20(14-15-8-3-1-4-9-15)18(17)16-10-5-2-6-11-16/h1-6,8-11,18,21H,7,12-14H2/b19-17-/t18-/m0/s1. The number of likely N-dealkylation sites (tertiary alicyclic amines) is 1. The first-order valence-corrected chi connectivity index (χ1v) is 7.42. The van der Waals surface area contributed by atoms with Crippen molar-refractivity contribution in [2.24, 2.45) is 5.16 Å². The zero-order valence-corrected chi connectivity index (χ0v) is 12.0. The maximum atomic E-state index is 9.37. The van der Waals surface area contributed by atoms with Crippen LogP contribution < -0.4 is 0 Å². The van der Waals surface area contributed by atoms with Gasteiger partial charge in [-0.2, -0.15) is 0 Å². The Bertz CT molecular complexity index is 595. The molecule has 1 atom stereocenters. The van der Waals surface area contributed by atoms with Crippen LogP contribution in [0.4, 0.5) is 0 Å². The zero-order chi connectivity index (χ0) is 14.5. The second-order valence-corrected chi connectivity index (χ2v) is 5.46. The van der Waals surface area contributed by atoms with Gasteiger partial charge in [-0.05, 0) is 30.5 Å². The average Bonchev–Trinajstić information content (AvgIpc) is 2.56. The molecule has 1 fully saturated rings. The van der Waals surface area contributed by atoms with Gasteiger partial charge in [0, 0.05) is 6.54 Å². The number of hydrogen-bond acceptors (Lipinski definition) is 3. The van der Waals surface area contributed by atoms with Crippen molar-refractivity contribution in [2.45, 2.75) is 25.4 Å². The summed E-state index contributed by atoms with van der Waals surface area (Å²) >= 11 is 0. The lowest BCUT2D eigenvalue weighted by Gasteiger charge is -2.36. The third-order valence-corrected chi connectivity index (χ3v) is 4.03. The van der Waals surface area contributed by atoms with Crippen LogP contribution in [0, 0.1) is 0 Å². The maximum absolute atomic E-state index is 9.37. The van der Waals surface area contributed by atoms with E-state index in [0.717, 1.165) is 31.6 Å². The summed E-state index contributed by atoms with van der Waals surface area (Å²) in [5.74, 6) is 0. The zero-order valence-electron chi connectivity index (χ0n) is 12.0. The summed E-state index contributed by atoms with van der Waals surface area (Å²) in [7, 11) is 0. The number of piperidine rings is 1. The Morgan fingerprint density at radius 2 is 1.67 bits per heavy atom. The van der Waals surface area contributed by atoms with E-state index in [1.165, 1.54) is 11.1 Å². The Morgan fingerprint density at radius 3 is 2.33 bits per heavy atom. The van der Waals surface area contributed by atoms with E-state index in [1.807, 2.05) is 24.3 Å². The normalized spacial score (nSPS) is 21.5. The van der Waals surface area contributed by atoms with Crippen LogP contribution in [0.1, 0.15) is 30.0 Å². The van der Waals surface area contributed by atoms with Gasteiger partial charge in [0.1, 0.15) is 0 Å². The van der Waals surface area contributed by atoms with Gasteiger partial charge in [-0.3, -0.25) is 4.90 Å². The second-order valence-electron chi connectivity index (χ2n) is 5.46. The molecule has 0 spiro atoms. The van der Waals surface area contributed by atoms with Gasteiger partial charge in [0.15, 0.2) is 0 Å². The van der Waals surface area contributed by atoms with Gasteiger partial charge in [-0.25, -0.2) is 0 Å². The van der Waals surface area contributed by atoms with Crippen molar-refractivity contribution in [1.29, 1.82) is 0 Å². The van der Waals surface area contributed by atoms with Gasteiger partial charge in [0.25, 0.3) is 0 Å². The Balaban J connectivity index is 1.89. The molecule has 1 heterocycles. The van der Waals surface area contributed by atoms with Crippen molar-refractivity contribution >= 4 is 5.71 Å². The molecule has 1 aliphatic rings. The van der Waals surface area contributed by atoms with Gasteiger partial charge in [0.2, 0.25) is 0 Å². The molecular formula is C18H20N2O. The van der Waals surface area contributed by atoms with Gasteiger partial charge < -0.3 is 5.21 Å². The van der Waals surface area contributed by atoms with Crippen LogP contribution in [0.2, 0.25) is 0 Å². The number of benzene rings is 2. The predicted octanol–water partition coefficient (Wildman–Crippen LogP) is 3.85. The molecule has 2 aromatic rings. The summed E-state index contributed by atoms with van der Waals surface area (Å²) in [4.78, 5) is 2.39. The highest BCUT2D eigenvalue weighted by Gasteiger charge is 2.29. The van der Waals surface area contributed by atoms with E-state index >= 15 is 0 Å². The number of oxime groups is 1. The van der Waals surface area contributed by atoms with E-state index in [0.29, 0.717) is 0 Å². The fourth-order valence-corrected chi connectivity index (χ4v) is 3.07. The van der Waals surface area contributed by atoms with E-state index in [-0.39, 0.29) is 6.04 Å². The Labute approximate surface area is 125 Å². The van der Waals surface area contributed by atoms with Gasteiger partial charge in [-0.1, -0.05) is 65.8 Å². The molecule has 108 valence electrons. The lowest BCUT2D eigenvalue weighted by atomic mass is 9.92. The molecular weight excluding hydrogens is 260 g/mol. The van der Waals surface area contributed by atoms with Crippen molar-refractivity contribution < 1.29 is 5.21 Å². The molecule has 3 rings (SSSR count). The van der Waals surface area contributed by atoms with Crippen molar-refractivity contribution in [3.63, 3.8) is 0 Å². The molecule has 0 aromatic heterocycles. The van der Waals surface area contributed by atoms with Crippen LogP contribution in [0.5, 0.6) is 0 Å². The first kappa shape index (κ1) is 13.8. The monoisotopic (exact) mass is 280 g/mol. The molecule has 0 saturated carbocycles. The number of hydrogen-bond donors (Lipinski definition) is 1. The highest BCUT2D eigenvalue weighted by molar-refractivity contribution is 5.90. The van der Waals surface area contributed by atoms with Crippen LogP contribution in [-0.2, 0) is 6.54 Å². The lowest BCUT2D eigenvalue weighted by molar-refractivity contribution is 0.205. The fraction of sp³-hybridized carbons (Fsp3) is 0.278. The molecule has 21 heavy (non-hydrogen) atoms. The largest absolute Gasteiger partial charge is 0.411 e. The van der Waals surface area contributed by atoms with E-state index in [4.69, 9.17) is 0 Å². The molecule has 0 unspecified atom stereocenters. The SMILES string of the molecule is O/N=C1/CCCN(Cc2ccccc2)[C@H]1c1ccccc1. The minimum Gasteiger partial charge on any atom is -0.411 e. The smallest absolute Gasteiger partial charge is 0.0787 e. The van der Waals surface area contributed by atoms with Gasteiger partial charge >= 0.3 is 0 Å². The third-order valence-electron chi connectivity index (χ3n) is 4.03. The van der Waals surface area contributed by atoms with Crippen molar-refractivity contribution in [1.82, 2.24) is 4.90 Å². The summed E-state index contributed by atoms with van der Waals surface area (Å²) in [5.41, 5.74) is 3.35. The highest BCUT2D eigenvalue weighted by Crippen LogP contribution is 2.30. The van der Waals surface area contributed by atoms with Gasteiger partial charge in [0.05, 0.1) is 11.8 Å². The summed E-state index contributed by atoms with van der Waals surface area (Å²) in [6.07, 6.45) is 1.90. The van der Waals surface area contributed by atoms with Crippen LogP contribution in [0.3, 0.4) is 0 Å². The van der Waals surface area contributed by atoms with Crippen LogP contribution in [0.15, 0.2) is 65.8 Å². The number of nitrogens with zero attached hydrogens (tertiary/aromatic N) is 2. The minimum atomic E-state index is 0.0742. The van der Waals surface area contributed by atoms with E-state index < -0.39 is 0 Å². The molecule has 0 radical (unpaired) electrons. The number of rotatable bonds is 3. The molecule has 0 aliphatic carbocycles. The average molecular weight is 280 g/mol. The molecule has 3 heteroatoms. The summed E-state index contributed by atoms with van der Waals surface area (Å²) < 4.78 is 0. The molecule has 1 aliphatic heterocycles. The fourth-order valence-electron chi connectivity index (χ4n) is 3.07. The van der Waals surface area contributed by atoms with Gasteiger partial charge in [-0.15, -0.1) is 0 Å². The van der Waals surface area contributed by atoms with Crippen LogP contribution in [0.25, 0.3) is 0 Å². The molecule has 1 saturated heterocycles. The molecule has 2 aromatic carbocycles. The van der Waals surface area contributed by atoms with Crippen molar-refractivity contribution in [2.75, 3.05) is 6.54 Å². The Kier molecular flexibility index (Phi) is 4.31. The summed E-state index contributed by atoms with van der Waals surface area (Å²) in [6, 6.07) is 20.9. The molecule has 3 nitrogen and oxygen atoms in total. The lowest BCUT2D eigenvalue weighted by Crippen LogP contribution is -2.38. The van der Waals surface area contributed by atoms with Crippen LogP contribution >= 0.6 is 0 Å². The highest BCUT2D eigenvalue weighted by atomic mass is 16.4. The van der Waals surface area contributed by atoms with Crippen LogP contribution in [-0.4, -0.2) is 22.4 Å². The second kappa shape index (κ2) is 6.55. The third kappa shape index (κ3) is 3.14. The predicted molar refractivity (Wildman–Crippen MR) is 84.5 cm³/mol. The minimum absolute atomic E-state index is 0.0742.